The van der Waals surface area contributed by atoms with Crippen molar-refractivity contribution in [1.82, 2.24) is 10.2 Å². The van der Waals surface area contributed by atoms with Crippen LogP contribution in [-0.4, -0.2) is 53.7 Å². The van der Waals surface area contributed by atoms with Crippen LogP contribution in [0.1, 0.15) is 62.5 Å². The van der Waals surface area contributed by atoms with E-state index < -0.39 is 24.5 Å². The molecule has 3 atom stereocenters. The maximum absolute atomic E-state index is 13.2. The van der Waals surface area contributed by atoms with Gasteiger partial charge in [0.25, 0.3) is 0 Å². The first-order chi connectivity index (χ1) is 16.8. The van der Waals surface area contributed by atoms with Gasteiger partial charge in [-0.2, -0.15) is 0 Å². The third-order valence-corrected chi connectivity index (χ3v) is 7.43. The van der Waals surface area contributed by atoms with E-state index >= 15 is 0 Å². The number of carboxylic acids is 1. The van der Waals surface area contributed by atoms with Gasteiger partial charge in [0.05, 0.1) is 6.42 Å². The van der Waals surface area contributed by atoms with Gasteiger partial charge in [0.1, 0.15) is 12.6 Å². The van der Waals surface area contributed by atoms with E-state index in [0.29, 0.717) is 5.92 Å². The molecular weight excluding hydrogens is 444 g/mol. The van der Waals surface area contributed by atoms with Gasteiger partial charge in [0, 0.05) is 19.0 Å². The van der Waals surface area contributed by atoms with Crippen LogP contribution < -0.4 is 5.32 Å². The van der Waals surface area contributed by atoms with E-state index in [2.05, 4.69) is 24.4 Å². The van der Waals surface area contributed by atoms with Gasteiger partial charge in [-0.25, -0.2) is 4.79 Å². The van der Waals surface area contributed by atoms with Crippen molar-refractivity contribution in [2.24, 2.45) is 5.92 Å². The molecule has 35 heavy (non-hydrogen) atoms. The van der Waals surface area contributed by atoms with Crippen molar-refractivity contribution in [2.75, 3.05) is 13.7 Å². The Hall–Kier alpha value is -3.35. The van der Waals surface area contributed by atoms with Crippen LogP contribution in [-0.2, 0) is 14.3 Å². The molecule has 2 aliphatic carbocycles. The average Bonchev–Trinajstić information content (AvgIpc) is 2.99. The molecule has 2 aromatic carbocycles. The number of hydrogen-bond donors (Lipinski definition) is 2. The molecule has 1 saturated carbocycles. The van der Waals surface area contributed by atoms with Crippen molar-refractivity contribution in [3.63, 3.8) is 0 Å². The van der Waals surface area contributed by atoms with Crippen LogP contribution in [0.4, 0.5) is 4.79 Å². The first-order valence-corrected chi connectivity index (χ1v) is 12.4. The van der Waals surface area contributed by atoms with Gasteiger partial charge >= 0.3 is 12.1 Å². The zero-order valence-corrected chi connectivity index (χ0v) is 20.4. The fourth-order valence-electron chi connectivity index (χ4n) is 5.44. The predicted octanol–water partition coefficient (Wildman–Crippen LogP) is 4.80. The molecular formula is C28H34N2O5. The van der Waals surface area contributed by atoms with Crippen molar-refractivity contribution >= 4 is 18.0 Å². The molecule has 0 aliphatic heterocycles. The monoisotopic (exact) mass is 478 g/mol. The normalized spacial score (nSPS) is 20.2. The number of fused-ring (bicyclic) bond motifs is 3. The van der Waals surface area contributed by atoms with Gasteiger partial charge in [-0.15, -0.1) is 0 Å². The van der Waals surface area contributed by atoms with E-state index in [0.717, 1.165) is 54.4 Å². The van der Waals surface area contributed by atoms with E-state index in [-0.39, 0.29) is 24.5 Å². The number of benzene rings is 2. The first-order valence-electron chi connectivity index (χ1n) is 12.4. The molecule has 4 rings (SSSR count). The number of amides is 2. The average molecular weight is 479 g/mol. The topological polar surface area (TPSA) is 95.9 Å². The predicted molar refractivity (Wildman–Crippen MR) is 133 cm³/mol. The van der Waals surface area contributed by atoms with Crippen molar-refractivity contribution in [1.29, 1.82) is 0 Å². The molecule has 7 heteroatoms. The summed E-state index contributed by atoms with van der Waals surface area (Å²) >= 11 is 0. The Labute approximate surface area is 206 Å². The zero-order chi connectivity index (χ0) is 24.9. The summed E-state index contributed by atoms with van der Waals surface area (Å²) in [4.78, 5) is 39.0. The van der Waals surface area contributed by atoms with Gasteiger partial charge in [-0.05, 0) is 47.4 Å². The third-order valence-electron chi connectivity index (χ3n) is 7.43. The van der Waals surface area contributed by atoms with Gasteiger partial charge in [-0.3, -0.25) is 9.59 Å². The summed E-state index contributed by atoms with van der Waals surface area (Å²) in [5.41, 5.74) is 4.41. The highest BCUT2D eigenvalue weighted by Gasteiger charge is 2.33. The van der Waals surface area contributed by atoms with E-state index in [1.54, 1.807) is 11.9 Å². The second-order valence-corrected chi connectivity index (χ2v) is 9.84. The lowest BCUT2D eigenvalue weighted by Crippen LogP contribution is -2.51. The van der Waals surface area contributed by atoms with Crippen LogP contribution in [0.3, 0.4) is 0 Å². The number of rotatable bonds is 7. The molecule has 2 amide bonds. The van der Waals surface area contributed by atoms with Gasteiger partial charge in [0.2, 0.25) is 5.91 Å². The van der Waals surface area contributed by atoms with E-state index in [1.807, 2.05) is 36.4 Å². The summed E-state index contributed by atoms with van der Waals surface area (Å²) in [6, 6.07) is 14.9. The van der Waals surface area contributed by atoms with E-state index in [4.69, 9.17) is 4.74 Å². The van der Waals surface area contributed by atoms with Crippen LogP contribution >= 0.6 is 0 Å². The number of hydrogen-bond acceptors (Lipinski definition) is 4. The quantitative estimate of drug-likeness (QED) is 0.558. The fraction of sp³-hybridized carbons (Fsp3) is 0.464. The maximum atomic E-state index is 13.2. The van der Waals surface area contributed by atoms with Crippen LogP contribution in [0.15, 0.2) is 48.5 Å². The summed E-state index contributed by atoms with van der Waals surface area (Å²) in [7, 11) is 1.71. The van der Waals surface area contributed by atoms with Crippen LogP contribution in [0, 0.1) is 5.92 Å². The van der Waals surface area contributed by atoms with Gasteiger partial charge in [0.15, 0.2) is 0 Å². The molecule has 0 spiro atoms. The van der Waals surface area contributed by atoms with Crippen LogP contribution in [0.5, 0.6) is 0 Å². The maximum Gasteiger partial charge on any atom is 0.407 e. The lowest BCUT2D eigenvalue weighted by atomic mass is 9.98. The number of alkyl carbamates (subject to hydrolysis) is 1. The Morgan fingerprint density at radius 2 is 1.63 bits per heavy atom. The molecule has 2 aromatic rings. The Bertz CT molecular complexity index is 1040. The Balaban J connectivity index is 1.41. The minimum Gasteiger partial charge on any atom is -0.481 e. The first kappa shape index (κ1) is 24.8. The van der Waals surface area contributed by atoms with Crippen molar-refractivity contribution in [3.05, 3.63) is 59.7 Å². The zero-order valence-electron chi connectivity index (χ0n) is 20.4. The minimum atomic E-state index is -1.17. The summed E-state index contributed by atoms with van der Waals surface area (Å²) < 4.78 is 5.55. The highest BCUT2D eigenvalue weighted by Crippen LogP contribution is 2.44. The SMILES string of the molecule is CC1CCCC(N(C)C(=O)C(CC(=O)O)NC(=O)OCC2c3ccccc3-c3ccccc32)CC1. The molecule has 0 bridgehead atoms. The summed E-state index contributed by atoms with van der Waals surface area (Å²) in [5, 5.41) is 11.9. The highest BCUT2D eigenvalue weighted by atomic mass is 16.5. The number of carbonyl (C=O) groups excluding carboxylic acids is 2. The summed E-state index contributed by atoms with van der Waals surface area (Å²) in [6.45, 7) is 2.32. The molecule has 186 valence electrons. The molecule has 1 fully saturated rings. The standard InChI is InChI=1S/C28H34N2O5/c1-18-8-7-9-19(15-14-18)30(2)27(33)25(16-26(31)32)29-28(34)35-17-24-22-12-5-3-10-20(22)21-11-4-6-13-23(21)24/h3-6,10-13,18-19,24-25H,7-9,14-17H2,1-2H3,(H,29,34)(H,31,32). The third kappa shape index (κ3) is 5.66. The molecule has 0 aromatic heterocycles. The lowest BCUT2D eigenvalue weighted by molar-refractivity contribution is -0.143. The second-order valence-electron chi connectivity index (χ2n) is 9.84. The minimum absolute atomic E-state index is 0.0491. The summed E-state index contributed by atoms with van der Waals surface area (Å²) in [5.74, 6) is -1.03. The molecule has 3 unspecified atom stereocenters. The summed E-state index contributed by atoms with van der Waals surface area (Å²) in [6.07, 6.45) is 3.70. The Morgan fingerprint density at radius 3 is 2.26 bits per heavy atom. The molecule has 0 saturated heterocycles. The number of likely N-dealkylation sites (N-methyl/N-ethyl adjacent to an activating group) is 1. The molecule has 7 nitrogen and oxygen atoms in total. The number of aliphatic carboxylic acids is 1. The molecule has 0 heterocycles. The van der Waals surface area contributed by atoms with Crippen molar-refractivity contribution in [2.45, 2.75) is 63.5 Å². The fourth-order valence-corrected chi connectivity index (χ4v) is 5.44. The number of nitrogens with one attached hydrogen (secondary N) is 1. The van der Waals surface area contributed by atoms with Crippen LogP contribution in [0.2, 0.25) is 0 Å². The van der Waals surface area contributed by atoms with Crippen molar-refractivity contribution < 1.29 is 24.2 Å². The Morgan fingerprint density at radius 1 is 1.00 bits per heavy atom. The van der Waals surface area contributed by atoms with E-state index in [1.165, 1.54) is 0 Å². The van der Waals surface area contributed by atoms with Crippen LogP contribution in [0.25, 0.3) is 11.1 Å². The molecule has 2 aliphatic rings. The molecule has 2 N–H and O–H groups in total. The lowest BCUT2D eigenvalue weighted by Gasteiger charge is -2.30. The number of carboxylic acid groups (broad SMARTS) is 1. The number of ether oxygens (including phenoxy) is 1. The van der Waals surface area contributed by atoms with Gasteiger partial charge < -0.3 is 20.1 Å². The highest BCUT2D eigenvalue weighted by molar-refractivity contribution is 5.89. The largest absolute Gasteiger partial charge is 0.481 e. The van der Waals surface area contributed by atoms with E-state index in [9.17, 15) is 19.5 Å². The second kappa shape index (κ2) is 10.9. The number of carbonyl (C=O) groups is 3. The molecule has 0 radical (unpaired) electrons. The van der Waals surface area contributed by atoms with Crippen molar-refractivity contribution in [3.8, 4) is 11.1 Å². The number of nitrogens with zero attached hydrogens (tertiary/aromatic N) is 1. The Kier molecular flexibility index (Phi) is 7.73. The smallest absolute Gasteiger partial charge is 0.407 e. The van der Waals surface area contributed by atoms with Gasteiger partial charge in [-0.1, -0.05) is 68.3 Å².